The third-order valence-corrected chi connectivity index (χ3v) is 11.8. The van der Waals surface area contributed by atoms with Crippen molar-refractivity contribution in [3.05, 3.63) is 188 Å². The normalized spacial score (nSPS) is 12.2. The lowest BCUT2D eigenvalue weighted by Crippen LogP contribution is -1.96. The van der Waals surface area contributed by atoms with Crippen molar-refractivity contribution in [2.45, 2.75) is 0 Å². The number of hydrogen-bond donors (Lipinski definition) is 0. The van der Waals surface area contributed by atoms with Crippen molar-refractivity contribution in [1.29, 1.82) is 0 Å². The lowest BCUT2D eigenvalue weighted by molar-refractivity contribution is 0.656. The van der Waals surface area contributed by atoms with Crippen molar-refractivity contribution >= 4 is 82.6 Å². The summed E-state index contributed by atoms with van der Waals surface area (Å²) in [5.74, 6) is 0.814. The molecule has 0 bridgehead atoms. The Labute approximate surface area is 325 Å². The van der Waals surface area contributed by atoms with Crippen LogP contribution in [0, 0.1) is 0 Å². The van der Waals surface area contributed by atoms with Gasteiger partial charge < -0.3 is 13.6 Å². The molecule has 0 spiro atoms. The molecule has 0 saturated heterocycles. The Hall–Kier alpha value is -7.83. The predicted octanol–water partition coefficient (Wildman–Crippen LogP) is 13.0. The van der Waals surface area contributed by atoms with Crippen molar-refractivity contribution in [2.24, 2.45) is 0 Å². The zero-order chi connectivity index (χ0) is 37.2. The van der Waals surface area contributed by atoms with Gasteiger partial charge in [-0.05, 0) is 102 Å². The first-order valence-electron chi connectivity index (χ1n) is 19.3. The lowest BCUT2D eigenvalue weighted by Gasteiger charge is -2.10. The summed E-state index contributed by atoms with van der Waals surface area (Å²) < 4.78 is 15.7. The fourth-order valence-electron chi connectivity index (χ4n) is 9.33. The third kappa shape index (κ3) is 4.21. The number of para-hydroxylation sites is 5. The Morgan fingerprint density at radius 1 is 0.351 bits per heavy atom. The Balaban J connectivity index is 1.07. The van der Waals surface area contributed by atoms with E-state index in [1.807, 2.05) is 12.1 Å². The largest absolute Gasteiger partial charge is 0.436 e. The lowest BCUT2D eigenvalue weighted by atomic mass is 10.0. The molecule has 13 rings (SSSR count). The number of benzene rings is 8. The molecule has 0 fully saturated rings. The van der Waals surface area contributed by atoms with Crippen LogP contribution in [0.1, 0.15) is 0 Å². The molecule has 0 radical (unpaired) electrons. The van der Waals surface area contributed by atoms with Gasteiger partial charge in [0, 0.05) is 44.0 Å². The zero-order valence-corrected chi connectivity index (χ0v) is 30.5. The zero-order valence-electron chi connectivity index (χ0n) is 30.5. The molecular formula is C51H31N5O. The van der Waals surface area contributed by atoms with Gasteiger partial charge in [-0.1, -0.05) is 97.1 Å². The van der Waals surface area contributed by atoms with Crippen LogP contribution >= 0.6 is 0 Å². The van der Waals surface area contributed by atoms with Crippen molar-refractivity contribution in [2.75, 3.05) is 0 Å². The number of aromatic nitrogens is 5. The van der Waals surface area contributed by atoms with Gasteiger partial charge in [-0.25, -0.2) is 0 Å². The fraction of sp³-hybridized carbons (Fsp3) is 0. The number of nitrogens with zero attached hydrogens (tertiary/aromatic N) is 5. The summed E-state index contributed by atoms with van der Waals surface area (Å²) in [4.78, 5) is 5.22. The van der Waals surface area contributed by atoms with Crippen molar-refractivity contribution in [1.82, 2.24) is 23.1 Å². The number of imidazole rings is 2. The van der Waals surface area contributed by atoms with Gasteiger partial charge in [-0.2, -0.15) is 4.98 Å². The molecule has 0 aliphatic heterocycles. The molecule has 0 atom stereocenters. The maximum absolute atomic E-state index is 6.41. The first kappa shape index (κ1) is 30.5. The van der Waals surface area contributed by atoms with E-state index in [0.717, 1.165) is 67.0 Å². The van der Waals surface area contributed by atoms with E-state index in [1.54, 1.807) is 0 Å². The van der Waals surface area contributed by atoms with Crippen LogP contribution in [0.15, 0.2) is 192 Å². The summed E-state index contributed by atoms with van der Waals surface area (Å²) in [6.07, 6.45) is 0. The van der Waals surface area contributed by atoms with Crippen LogP contribution in [0.5, 0.6) is 0 Å². The Morgan fingerprint density at radius 2 is 0.877 bits per heavy atom. The Morgan fingerprint density at radius 3 is 1.56 bits per heavy atom. The van der Waals surface area contributed by atoms with Crippen LogP contribution in [0.2, 0.25) is 0 Å². The van der Waals surface area contributed by atoms with E-state index < -0.39 is 0 Å². The van der Waals surface area contributed by atoms with Gasteiger partial charge in [-0.3, -0.25) is 8.97 Å². The standard InChI is InChI=1S/C51H31N5O/c1-3-13-34(14-4-1)53-42-20-10-7-17-37(42)40-29-32(23-26-44(40)53)33-24-27-46-47(30-33)56-49-39-19-9-12-22-48(39)57-50(49)52-51(56)55(46)36-25-28-45-41(31-36)38-18-8-11-21-43(38)54(45)35-15-5-2-6-16-35/h1-31H. The summed E-state index contributed by atoms with van der Waals surface area (Å²) >= 11 is 0. The first-order valence-corrected chi connectivity index (χ1v) is 19.3. The quantitative estimate of drug-likeness (QED) is 0.181. The Kier molecular flexibility index (Phi) is 6.07. The molecule has 5 aromatic heterocycles. The maximum Gasteiger partial charge on any atom is 0.248 e. The average molecular weight is 730 g/mol. The van der Waals surface area contributed by atoms with Crippen molar-refractivity contribution in [3.8, 4) is 28.2 Å². The molecule has 0 aliphatic rings. The van der Waals surface area contributed by atoms with Crippen molar-refractivity contribution < 1.29 is 4.42 Å². The van der Waals surface area contributed by atoms with Gasteiger partial charge >= 0.3 is 0 Å². The number of fused-ring (bicyclic) bond motifs is 13. The fourth-order valence-corrected chi connectivity index (χ4v) is 9.33. The molecule has 0 unspecified atom stereocenters. The first-order chi connectivity index (χ1) is 28.3. The van der Waals surface area contributed by atoms with Gasteiger partial charge in [0.2, 0.25) is 11.5 Å². The monoisotopic (exact) mass is 729 g/mol. The minimum atomic E-state index is 0.629. The third-order valence-electron chi connectivity index (χ3n) is 11.8. The second-order valence-electron chi connectivity index (χ2n) is 14.8. The molecule has 8 aromatic carbocycles. The average Bonchev–Trinajstić information content (AvgIpc) is 4.06. The highest BCUT2D eigenvalue weighted by Gasteiger charge is 2.23. The minimum absolute atomic E-state index is 0.629. The smallest absolute Gasteiger partial charge is 0.248 e. The summed E-state index contributed by atoms with van der Waals surface area (Å²) in [5.41, 5.74) is 14.9. The summed E-state index contributed by atoms with van der Waals surface area (Å²) in [6.45, 7) is 0. The van der Waals surface area contributed by atoms with E-state index in [-0.39, 0.29) is 0 Å². The molecule has 0 saturated carbocycles. The SMILES string of the molecule is c1ccc(-n2c3ccccc3c3cc(-c4ccc5c(c4)n4c6c(nc4n5-c4ccc5c(c4)c4ccccc4n5-c4ccccc4)oc4ccccc46)ccc32)cc1. The van der Waals surface area contributed by atoms with Gasteiger partial charge in [-0.15, -0.1) is 0 Å². The minimum Gasteiger partial charge on any atom is -0.436 e. The van der Waals surface area contributed by atoms with Gasteiger partial charge in [0.05, 0.1) is 33.1 Å². The van der Waals surface area contributed by atoms with E-state index >= 15 is 0 Å². The molecule has 57 heavy (non-hydrogen) atoms. The summed E-state index contributed by atoms with van der Waals surface area (Å²) in [7, 11) is 0. The number of furan rings is 1. The van der Waals surface area contributed by atoms with Crippen LogP contribution in [-0.2, 0) is 0 Å². The molecule has 13 aromatic rings. The van der Waals surface area contributed by atoms with Gasteiger partial charge in [0.15, 0.2) is 0 Å². The predicted molar refractivity (Wildman–Crippen MR) is 233 cm³/mol. The molecule has 5 heterocycles. The molecular weight excluding hydrogens is 699 g/mol. The van der Waals surface area contributed by atoms with Crippen LogP contribution in [-0.4, -0.2) is 23.1 Å². The second-order valence-corrected chi connectivity index (χ2v) is 14.8. The van der Waals surface area contributed by atoms with E-state index in [4.69, 9.17) is 9.40 Å². The van der Waals surface area contributed by atoms with Crippen LogP contribution in [0.4, 0.5) is 0 Å². The molecule has 0 N–H and O–H groups in total. The van der Waals surface area contributed by atoms with E-state index in [9.17, 15) is 0 Å². The molecule has 6 heteroatoms. The van der Waals surface area contributed by atoms with Crippen LogP contribution in [0.3, 0.4) is 0 Å². The molecule has 0 amide bonds. The van der Waals surface area contributed by atoms with E-state index in [1.165, 1.54) is 38.1 Å². The van der Waals surface area contributed by atoms with Crippen LogP contribution < -0.4 is 0 Å². The number of rotatable bonds is 4. The van der Waals surface area contributed by atoms with Gasteiger partial charge in [0.25, 0.3) is 0 Å². The molecule has 6 nitrogen and oxygen atoms in total. The van der Waals surface area contributed by atoms with Crippen molar-refractivity contribution in [3.63, 3.8) is 0 Å². The highest BCUT2D eigenvalue weighted by atomic mass is 16.3. The van der Waals surface area contributed by atoms with E-state index in [0.29, 0.717) is 5.71 Å². The molecule has 266 valence electrons. The molecule has 0 aliphatic carbocycles. The highest BCUT2D eigenvalue weighted by molar-refractivity contribution is 6.12. The Bertz CT molecular complexity index is 3750. The maximum atomic E-state index is 6.41. The topological polar surface area (TPSA) is 45.2 Å². The van der Waals surface area contributed by atoms with E-state index in [2.05, 4.69) is 194 Å². The summed E-state index contributed by atoms with van der Waals surface area (Å²) in [5, 5.41) is 5.90. The second kappa shape index (κ2) is 11.4. The number of hydrogen-bond acceptors (Lipinski definition) is 2. The van der Waals surface area contributed by atoms with Gasteiger partial charge in [0.1, 0.15) is 11.1 Å². The highest BCUT2D eigenvalue weighted by Crippen LogP contribution is 2.40. The summed E-state index contributed by atoms with van der Waals surface area (Å²) in [6, 6.07) is 67.3. The van der Waals surface area contributed by atoms with Crippen LogP contribution in [0.25, 0.3) is 111 Å².